The third-order valence-electron chi connectivity index (χ3n) is 5.76. The average molecular weight is 439 g/mol. The van der Waals surface area contributed by atoms with Gasteiger partial charge in [0.25, 0.3) is 0 Å². The van der Waals surface area contributed by atoms with Gasteiger partial charge < -0.3 is 21.1 Å². The number of hydrogen-bond donors (Lipinski definition) is 3. The highest BCUT2D eigenvalue weighted by Gasteiger charge is 2.33. The minimum Gasteiger partial charge on any atom is -0.403 e. The Hall–Kier alpha value is -2.60. The third-order valence-corrected chi connectivity index (χ3v) is 6.15. The van der Waals surface area contributed by atoms with Crippen LogP contribution in [0.5, 0.6) is 0 Å². The molecule has 31 heavy (non-hydrogen) atoms. The molecule has 2 aromatic carbocycles. The molecule has 5 nitrogen and oxygen atoms in total. The second kappa shape index (κ2) is 10.1. The molecule has 4 rings (SSSR count). The van der Waals surface area contributed by atoms with Crippen molar-refractivity contribution in [2.45, 2.75) is 52.2 Å². The highest BCUT2D eigenvalue weighted by atomic mass is 35.5. The number of rotatable bonds is 4. The van der Waals surface area contributed by atoms with E-state index in [4.69, 9.17) is 28.1 Å². The molecular formula is C25H31ClN4O. The van der Waals surface area contributed by atoms with Crippen LogP contribution in [0.2, 0.25) is 5.02 Å². The van der Waals surface area contributed by atoms with Crippen LogP contribution in [0.4, 0.5) is 0 Å². The van der Waals surface area contributed by atoms with Crippen LogP contribution in [0, 0.1) is 20.8 Å². The molecule has 0 saturated heterocycles. The molecule has 164 valence electrons. The van der Waals surface area contributed by atoms with Crippen molar-refractivity contribution in [3.05, 3.63) is 81.9 Å². The molecule has 0 spiro atoms. The van der Waals surface area contributed by atoms with E-state index >= 15 is 0 Å². The van der Waals surface area contributed by atoms with Crippen LogP contribution in [-0.4, -0.2) is 20.8 Å². The summed E-state index contributed by atoms with van der Waals surface area (Å²) in [5.74, 6) is 1.11. The Balaban J connectivity index is 0.000000330. The number of aryl methyl sites for hydroxylation is 2. The number of benzene rings is 2. The summed E-state index contributed by atoms with van der Waals surface area (Å²) in [5, 5.41) is 10.4. The van der Waals surface area contributed by atoms with Gasteiger partial charge in [-0.3, -0.25) is 0 Å². The summed E-state index contributed by atoms with van der Waals surface area (Å²) in [4.78, 5) is 4.84. The lowest BCUT2D eigenvalue weighted by Gasteiger charge is -2.30. The van der Waals surface area contributed by atoms with Gasteiger partial charge in [0.1, 0.15) is 5.82 Å². The summed E-state index contributed by atoms with van der Waals surface area (Å²) < 4.78 is 1.95. The molecule has 0 aliphatic heterocycles. The monoisotopic (exact) mass is 438 g/mol. The number of aliphatic hydroxyl groups is 1. The van der Waals surface area contributed by atoms with Crippen molar-refractivity contribution in [2.24, 2.45) is 11.5 Å². The molecule has 0 bridgehead atoms. The van der Waals surface area contributed by atoms with Gasteiger partial charge >= 0.3 is 0 Å². The fraction of sp³-hybridized carbons (Fsp3) is 0.320. The van der Waals surface area contributed by atoms with Gasteiger partial charge in [-0.25, -0.2) is 4.98 Å². The number of hydrogen-bond acceptors (Lipinski definition) is 4. The Bertz CT molecular complexity index is 1030. The predicted octanol–water partition coefficient (Wildman–Crippen LogP) is 4.90. The molecule has 0 amide bonds. The Labute approximate surface area is 189 Å². The highest BCUT2D eigenvalue weighted by Crippen LogP contribution is 2.39. The first-order chi connectivity index (χ1) is 14.8. The molecule has 1 fully saturated rings. The maximum atomic E-state index is 9.63. The highest BCUT2D eigenvalue weighted by molar-refractivity contribution is 6.31. The first-order valence-corrected chi connectivity index (χ1v) is 10.9. The number of imidazole rings is 1. The number of aliphatic hydroxyl groups excluding tert-OH is 1. The van der Waals surface area contributed by atoms with Crippen LogP contribution in [0.25, 0.3) is 17.5 Å². The zero-order valence-corrected chi connectivity index (χ0v) is 19.1. The lowest BCUT2D eigenvalue weighted by Crippen LogP contribution is -2.28. The summed E-state index contributed by atoms with van der Waals surface area (Å²) >= 11 is 6.36. The van der Waals surface area contributed by atoms with Gasteiger partial charge in [-0.1, -0.05) is 47.5 Å². The standard InChI is InChI=1S/C18H23ClN4O.C7H8/c1-10-5-12(8-15(19)11(10)2)17-16(9-21)23(4-3-20)18(22-17)13-6-14(24)7-13;1-7-5-3-2-4-6-7/h3-5,8,13-14,24H,6-7,9,20-21H2,1-2H3;2-6H,1H3/b4-3-;. The number of nitrogens with two attached hydrogens (primary N) is 2. The molecule has 6 heteroatoms. The Morgan fingerprint density at radius 1 is 1.16 bits per heavy atom. The minimum absolute atomic E-state index is 0.220. The Morgan fingerprint density at radius 2 is 1.84 bits per heavy atom. The van der Waals surface area contributed by atoms with Gasteiger partial charge in [-0.05, 0) is 56.9 Å². The van der Waals surface area contributed by atoms with E-state index in [2.05, 4.69) is 25.1 Å². The van der Waals surface area contributed by atoms with E-state index in [1.807, 2.05) is 42.7 Å². The topological polar surface area (TPSA) is 90.1 Å². The molecule has 1 aliphatic rings. The number of halogens is 1. The fourth-order valence-electron chi connectivity index (χ4n) is 3.74. The third kappa shape index (κ3) is 5.18. The van der Waals surface area contributed by atoms with Gasteiger partial charge in [-0.2, -0.15) is 0 Å². The largest absolute Gasteiger partial charge is 0.403 e. The Kier molecular flexibility index (Phi) is 7.55. The second-order valence-electron chi connectivity index (χ2n) is 8.06. The van der Waals surface area contributed by atoms with Crippen LogP contribution in [-0.2, 0) is 6.54 Å². The van der Waals surface area contributed by atoms with Crippen LogP contribution in [0.3, 0.4) is 0 Å². The van der Waals surface area contributed by atoms with E-state index < -0.39 is 0 Å². The average Bonchev–Trinajstić information content (AvgIpc) is 3.08. The molecule has 3 aromatic rings. The van der Waals surface area contributed by atoms with Gasteiger partial charge in [0.05, 0.1) is 17.5 Å². The second-order valence-corrected chi connectivity index (χ2v) is 8.46. The maximum Gasteiger partial charge on any atom is 0.117 e. The van der Waals surface area contributed by atoms with Crippen LogP contribution >= 0.6 is 11.6 Å². The van der Waals surface area contributed by atoms with E-state index in [0.717, 1.165) is 38.9 Å². The summed E-state index contributed by atoms with van der Waals surface area (Å²) in [6.45, 7) is 6.46. The molecule has 1 heterocycles. The van der Waals surface area contributed by atoms with Gasteiger partial charge in [-0.15, -0.1) is 0 Å². The van der Waals surface area contributed by atoms with Crippen molar-refractivity contribution < 1.29 is 5.11 Å². The fourth-order valence-corrected chi connectivity index (χ4v) is 4.00. The van der Waals surface area contributed by atoms with E-state index in [1.54, 1.807) is 6.20 Å². The minimum atomic E-state index is -0.247. The van der Waals surface area contributed by atoms with Crippen molar-refractivity contribution in [2.75, 3.05) is 0 Å². The quantitative estimate of drug-likeness (QED) is 0.540. The first kappa shape index (κ1) is 23.1. The van der Waals surface area contributed by atoms with Crippen molar-refractivity contribution in [1.82, 2.24) is 9.55 Å². The molecule has 5 N–H and O–H groups in total. The Morgan fingerprint density at radius 3 is 2.32 bits per heavy atom. The van der Waals surface area contributed by atoms with Crippen LogP contribution < -0.4 is 11.5 Å². The predicted molar refractivity (Wildman–Crippen MR) is 129 cm³/mol. The summed E-state index contributed by atoms with van der Waals surface area (Å²) in [7, 11) is 0. The summed E-state index contributed by atoms with van der Waals surface area (Å²) in [6, 6.07) is 14.3. The summed E-state index contributed by atoms with van der Waals surface area (Å²) in [5.41, 5.74) is 17.8. The zero-order valence-electron chi connectivity index (χ0n) is 18.3. The molecule has 1 aromatic heterocycles. The van der Waals surface area contributed by atoms with Crippen LogP contribution in [0.1, 0.15) is 47.0 Å². The van der Waals surface area contributed by atoms with Crippen molar-refractivity contribution in [1.29, 1.82) is 0 Å². The van der Waals surface area contributed by atoms with E-state index in [1.165, 1.54) is 11.8 Å². The van der Waals surface area contributed by atoms with Crippen LogP contribution in [0.15, 0.2) is 48.7 Å². The first-order valence-electron chi connectivity index (χ1n) is 10.5. The van der Waals surface area contributed by atoms with Crippen molar-refractivity contribution >= 4 is 17.8 Å². The van der Waals surface area contributed by atoms with E-state index in [9.17, 15) is 5.11 Å². The van der Waals surface area contributed by atoms with E-state index in [-0.39, 0.29) is 12.0 Å². The zero-order chi connectivity index (χ0) is 22.5. The molecule has 1 aliphatic carbocycles. The number of aromatic nitrogens is 2. The molecular weight excluding hydrogens is 408 g/mol. The maximum absolute atomic E-state index is 9.63. The molecule has 0 unspecified atom stereocenters. The number of nitrogens with zero attached hydrogens (tertiary/aromatic N) is 2. The normalized spacial score (nSPS) is 17.9. The van der Waals surface area contributed by atoms with Crippen molar-refractivity contribution in [3.8, 4) is 11.3 Å². The summed E-state index contributed by atoms with van der Waals surface area (Å²) in [6.07, 6.45) is 4.44. The van der Waals surface area contributed by atoms with Gasteiger partial charge in [0.2, 0.25) is 0 Å². The lowest BCUT2D eigenvalue weighted by molar-refractivity contribution is 0.0713. The molecule has 1 saturated carbocycles. The smallest absolute Gasteiger partial charge is 0.117 e. The lowest BCUT2D eigenvalue weighted by atomic mass is 9.82. The van der Waals surface area contributed by atoms with Crippen molar-refractivity contribution in [3.63, 3.8) is 0 Å². The SMILES string of the molecule is Cc1cc(-c2nc(C3CC(O)C3)n(/C=C\N)c2CN)cc(Cl)c1C.Cc1ccccc1. The van der Waals surface area contributed by atoms with E-state index in [0.29, 0.717) is 19.4 Å². The van der Waals surface area contributed by atoms with Gasteiger partial charge in [0, 0.05) is 35.4 Å². The molecule has 0 atom stereocenters. The molecule has 0 radical (unpaired) electrons. The van der Waals surface area contributed by atoms with Gasteiger partial charge in [0.15, 0.2) is 0 Å².